The quantitative estimate of drug-likeness (QED) is 0.340. The second-order valence-electron chi connectivity index (χ2n) is 8.78. The largest absolute Gasteiger partial charge is 0.497 e. The smallest absolute Gasteiger partial charge is 0.264 e. The molecule has 0 bridgehead atoms. The predicted octanol–water partition coefficient (Wildman–Crippen LogP) is 4.63. The van der Waals surface area contributed by atoms with Gasteiger partial charge in [-0.25, -0.2) is 12.8 Å². The molecule has 0 spiro atoms. The number of carbonyl (C=O) groups is 2. The molecule has 11 heteroatoms. The normalized spacial score (nSPS) is 11.9. The highest BCUT2D eigenvalue weighted by molar-refractivity contribution is 7.92. The van der Waals surface area contributed by atoms with Crippen molar-refractivity contribution in [1.29, 1.82) is 0 Å². The van der Waals surface area contributed by atoms with Crippen LogP contribution in [0.3, 0.4) is 0 Å². The minimum atomic E-state index is -4.27. The zero-order valence-corrected chi connectivity index (χ0v) is 23.5. The van der Waals surface area contributed by atoms with E-state index in [1.165, 1.54) is 48.4 Å². The average molecular weight is 576 g/mol. The number of nitrogens with one attached hydrogen (secondary N) is 1. The molecule has 0 aromatic heterocycles. The van der Waals surface area contributed by atoms with Gasteiger partial charge in [-0.1, -0.05) is 30.7 Å². The van der Waals surface area contributed by atoms with Crippen LogP contribution in [-0.2, 0) is 26.2 Å². The van der Waals surface area contributed by atoms with Gasteiger partial charge in [-0.3, -0.25) is 13.9 Å². The van der Waals surface area contributed by atoms with Gasteiger partial charge in [-0.05, 0) is 79.6 Å². The third-order valence-electron chi connectivity index (χ3n) is 6.00. The zero-order valence-electron chi connectivity index (χ0n) is 21.9. The first kappa shape index (κ1) is 29.9. The third kappa shape index (κ3) is 7.70. The zero-order chi connectivity index (χ0) is 28.6. The van der Waals surface area contributed by atoms with Crippen LogP contribution in [0, 0.1) is 5.82 Å². The second kappa shape index (κ2) is 13.4. The van der Waals surface area contributed by atoms with Gasteiger partial charge in [0.05, 0.1) is 17.7 Å². The van der Waals surface area contributed by atoms with Crippen molar-refractivity contribution < 1.29 is 27.1 Å². The fourth-order valence-corrected chi connectivity index (χ4v) is 5.45. The lowest BCUT2D eigenvalue weighted by Gasteiger charge is -2.32. The van der Waals surface area contributed by atoms with E-state index in [1.807, 2.05) is 6.92 Å². The second-order valence-corrected chi connectivity index (χ2v) is 11.1. The Morgan fingerprint density at radius 2 is 1.72 bits per heavy atom. The Balaban J connectivity index is 2.01. The van der Waals surface area contributed by atoms with Gasteiger partial charge in [0, 0.05) is 18.1 Å². The molecule has 0 aliphatic rings. The van der Waals surface area contributed by atoms with Crippen molar-refractivity contribution in [2.24, 2.45) is 0 Å². The van der Waals surface area contributed by atoms with Crippen molar-refractivity contribution in [1.82, 2.24) is 10.2 Å². The van der Waals surface area contributed by atoms with Crippen molar-refractivity contribution in [3.8, 4) is 5.75 Å². The van der Waals surface area contributed by atoms with Gasteiger partial charge in [0.1, 0.15) is 24.2 Å². The van der Waals surface area contributed by atoms with E-state index in [2.05, 4.69) is 5.32 Å². The van der Waals surface area contributed by atoms with Gasteiger partial charge in [0.25, 0.3) is 10.0 Å². The summed E-state index contributed by atoms with van der Waals surface area (Å²) >= 11 is 6.14. The van der Waals surface area contributed by atoms with Crippen molar-refractivity contribution >= 4 is 39.1 Å². The molecular weight excluding hydrogens is 545 g/mol. The fourth-order valence-electron chi connectivity index (χ4n) is 3.82. The molecule has 0 aliphatic carbocycles. The molecule has 0 fully saturated rings. The minimum Gasteiger partial charge on any atom is -0.497 e. The highest BCUT2D eigenvalue weighted by Gasteiger charge is 2.32. The molecule has 1 atom stereocenters. The van der Waals surface area contributed by atoms with Gasteiger partial charge in [0.2, 0.25) is 11.8 Å². The van der Waals surface area contributed by atoms with E-state index >= 15 is 0 Å². The summed E-state index contributed by atoms with van der Waals surface area (Å²) in [5.41, 5.74) is 0.753. The van der Waals surface area contributed by atoms with Crippen LogP contribution in [0.4, 0.5) is 10.1 Å². The van der Waals surface area contributed by atoms with Crippen LogP contribution < -0.4 is 14.4 Å². The van der Waals surface area contributed by atoms with Gasteiger partial charge in [-0.15, -0.1) is 0 Å². The number of hydrogen-bond donors (Lipinski definition) is 1. The summed E-state index contributed by atoms with van der Waals surface area (Å²) in [6, 6.07) is 16.4. The molecule has 2 amide bonds. The number of nitrogens with zero attached hydrogens (tertiary/aromatic N) is 2. The van der Waals surface area contributed by atoms with Crippen molar-refractivity contribution in [3.63, 3.8) is 0 Å². The van der Waals surface area contributed by atoms with Crippen LogP contribution in [0.2, 0.25) is 5.02 Å². The average Bonchev–Trinajstić information content (AvgIpc) is 2.93. The van der Waals surface area contributed by atoms with Crippen molar-refractivity contribution in [3.05, 3.63) is 89.2 Å². The first-order valence-corrected chi connectivity index (χ1v) is 14.1. The summed E-state index contributed by atoms with van der Waals surface area (Å²) in [7, 11) is -2.82. The number of halogens is 2. The van der Waals surface area contributed by atoms with E-state index in [1.54, 1.807) is 31.2 Å². The Kier molecular flexibility index (Phi) is 10.3. The van der Waals surface area contributed by atoms with Crippen LogP contribution in [0.5, 0.6) is 5.75 Å². The molecule has 208 valence electrons. The molecule has 3 aromatic rings. The third-order valence-corrected chi connectivity index (χ3v) is 8.02. The number of hydrogen-bond acceptors (Lipinski definition) is 5. The SMILES string of the molecule is CCCNC(=O)[C@@H](C)N(Cc1cccc(Cl)c1)C(=O)CN(c1ccc(F)cc1)S(=O)(=O)c1ccc(OC)cc1. The maximum Gasteiger partial charge on any atom is 0.264 e. The van der Waals surface area contributed by atoms with E-state index in [4.69, 9.17) is 16.3 Å². The highest BCUT2D eigenvalue weighted by atomic mass is 35.5. The number of benzene rings is 3. The molecule has 0 saturated heterocycles. The molecule has 3 rings (SSSR count). The number of rotatable bonds is 12. The van der Waals surface area contributed by atoms with Gasteiger partial charge >= 0.3 is 0 Å². The summed E-state index contributed by atoms with van der Waals surface area (Å²) in [4.78, 5) is 27.9. The number of methoxy groups -OCH3 is 1. The Labute approximate surface area is 233 Å². The molecule has 0 radical (unpaired) electrons. The van der Waals surface area contributed by atoms with E-state index in [-0.39, 0.29) is 23.0 Å². The lowest BCUT2D eigenvalue weighted by molar-refractivity contribution is -0.139. The monoisotopic (exact) mass is 575 g/mol. The topological polar surface area (TPSA) is 96.0 Å². The van der Waals surface area contributed by atoms with Crippen LogP contribution in [0.1, 0.15) is 25.8 Å². The maximum absolute atomic E-state index is 13.8. The molecule has 0 aliphatic heterocycles. The number of ether oxygens (including phenoxy) is 1. The molecule has 0 unspecified atom stereocenters. The minimum absolute atomic E-state index is 0.0138. The lowest BCUT2D eigenvalue weighted by atomic mass is 10.1. The molecule has 3 aromatic carbocycles. The first-order chi connectivity index (χ1) is 18.6. The van der Waals surface area contributed by atoms with E-state index < -0.39 is 34.3 Å². The van der Waals surface area contributed by atoms with Crippen LogP contribution >= 0.6 is 11.6 Å². The Morgan fingerprint density at radius 3 is 2.31 bits per heavy atom. The summed E-state index contributed by atoms with van der Waals surface area (Å²) in [6.45, 7) is 3.29. The van der Waals surface area contributed by atoms with Crippen LogP contribution in [-0.4, -0.2) is 51.4 Å². The number of sulfonamides is 1. The molecule has 39 heavy (non-hydrogen) atoms. The van der Waals surface area contributed by atoms with Crippen LogP contribution in [0.15, 0.2) is 77.7 Å². The van der Waals surface area contributed by atoms with Crippen molar-refractivity contribution in [2.75, 3.05) is 24.5 Å². The van der Waals surface area contributed by atoms with Gasteiger partial charge < -0.3 is 15.0 Å². The summed E-state index contributed by atoms with van der Waals surface area (Å²) in [5, 5.41) is 3.23. The van der Waals surface area contributed by atoms with E-state index in [9.17, 15) is 22.4 Å². The molecule has 1 N–H and O–H groups in total. The van der Waals surface area contributed by atoms with E-state index in [0.717, 1.165) is 16.4 Å². The van der Waals surface area contributed by atoms with Crippen LogP contribution in [0.25, 0.3) is 0 Å². The number of carbonyl (C=O) groups excluding carboxylic acids is 2. The molecular formula is C28H31ClFN3O5S. The fraction of sp³-hybridized carbons (Fsp3) is 0.286. The predicted molar refractivity (Wildman–Crippen MR) is 149 cm³/mol. The Bertz CT molecular complexity index is 1390. The summed E-state index contributed by atoms with van der Waals surface area (Å²) in [6.07, 6.45) is 0.707. The molecule has 0 saturated carbocycles. The molecule has 0 heterocycles. The Hall–Kier alpha value is -3.63. The maximum atomic E-state index is 13.8. The van der Waals surface area contributed by atoms with Gasteiger partial charge in [0.15, 0.2) is 0 Å². The lowest BCUT2D eigenvalue weighted by Crippen LogP contribution is -2.51. The highest BCUT2D eigenvalue weighted by Crippen LogP contribution is 2.26. The van der Waals surface area contributed by atoms with Gasteiger partial charge in [-0.2, -0.15) is 0 Å². The number of amides is 2. The molecule has 8 nitrogen and oxygen atoms in total. The standard InChI is InChI=1S/C28H31ClFN3O5S/c1-4-16-31-28(35)20(2)32(18-21-6-5-7-22(29)17-21)27(34)19-33(24-10-8-23(30)9-11-24)39(36,37)26-14-12-25(38-3)13-15-26/h5-15,17,20H,4,16,18-19H2,1-3H3,(H,31,35)/t20-/m1/s1. The van der Waals surface area contributed by atoms with E-state index in [0.29, 0.717) is 29.3 Å². The number of anilines is 1. The summed E-state index contributed by atoms with van der Waals surface area (Å²) in [5.74, 6) is -1.11. The Morgan fingerprint density at radius 1 is 1.05 bits per heavy atom. The summed E-state index contributed by atoms with van der Waals surface area (Å²) < 4.78 is 47.2. The first-order valence-electron chi connectivity index (χ1n) is 12.3. The van der Waals surface area contributed by atoms with Crippen molar-refractivity contribution in [2.45, 2.75) is 37.8 Å².